The molecule has 0 saturated carbocycles. The summed E-state index contributed by atoms with van der Waals surface area (Å²) in [6.45, 7) is 8.00. The van der Waals surface area contributed by atoms with Crippen molar-refractivity contribution in [3.63, 3.8) is 0 Å². The fourth-order valence-electron chi connectivity index (χ4n) is 0.428. The molecule has 0 aliphatic rings. The average Bonchev–Trinajstić information content (AvgIpc) is 2.24. The fourth-order valence-corrected chi connectivity index (χ4v) is 0.428. The van der Waals surface area contributed by atoms with E-state index >= 15 is 0 Å². The molecule has 170 valence electrons. The molecule has 0 atom stereocenters. The molecule has 0 aliphatic heterocycles. The van der Waals surface area contributed by atoms with E-state index in [4.69, 9.17) is 9.99 Å². The van der Waals surface area contributed by atoms with Crippen molar-refractivity contribution in [3.05, 3.63) is 20.3 Å². The van der Waals surface area contributed by atoms with Crippen molar-refractivity contribution < 1.29 is 160 Å². The van der Waals surface area contributed by atoms with Crippen LogP contribution >= 0.6 is 0 Å². The standard InChI is InChI=1S/C6H12O4.C2H5O2.6Mn.5H2O/c1-2-8-5-3-4-6-9-10-7;1-2-4-3;;;;;;;;;;;/h4,7H,1-3,5-6H2;3H,1-2H2;;;;;;;5*1H2/q-2;-1;;;;;;;;;;;/p-5. The minimum atomic E-state index is 0. The van der Waals surface area contributed by atoms with Crippen LogP contribution in [0.1, 0.15) is 6.42 Å². The Morgan fingerprint density at radius 3 is 1.44 bits per heavy atom. The van der Waals surface area contributed by atoms with Gasteiger partial charge in [-0.1, -0.05) is 6.61 Å². The van der Waals surface area contributed by atoms with Crippen LogP contribution in [0, 0.1) is 20.3 Å². The second-order valence-electron chi connectivity index (χ2n) is 1.88. The first-order valence-corrected chi connectivity index (χ1v) is 3.99. The zero-order chi connectivity index (χ0) is 11.1. The number of hydrogen-bond acceptors (Lipinski definition) is 10. The molecule has 7 N–H and O–H groups in total. The summed E-state index contributed by atoms with van der Waals surface area (Å²) in [6, 6.07) is 0. The molecule has 0 saturated heterocycles. The molecule has 0 spiro atoms. The van der Waals surface area contributed by atoms with Gasteiger partial charge in [-0.25, -0.2) is 0 Å². The summed E-state index contributed by atoms with van der Waals surface area (Å²) in [5.41, 5.74) is 0. The molecule has 6 radical (unpaired) electrons. The Labute approximate surface area is 211 Å². The summed E-state index contributed by atoms with van der Waals surface area (Å²) in [5.74, 6) is 0. The van der Waals surface area contributed by atoms with Crippen LogP contribution in [-0.2, 0) is 122 Å². The van der Waals surface area contributed by atoms with Crippen molar-refractivity contribution in [1.82, 2.24) is 0 Å². The number of unbranched alkanes of at least 4 members (excludes halogenated alkanes) is 1. The molecule has 0 unspecified atom stereocenters. The number of ether oxygens (including phenoxy) is 1. The first kappa shape index (κ1) is 91.4. The zero-order valence-corrected chi connectivity index (χ0v) is 19.7. The van der Waals surface area contributed by atoms with Crippen molar-refractivity contribution in [2.24, 2.45) is 0 Å². The Morgan fingerprint density at radius 2 is 1.20 bits per heavy atom. The van der Waals surface area contributed by atoms with Crippen LogP contribution in [0.15, 0.2) is 0 Å². The Kier molecular flexibility index (Phi) is 400. The van der Waals surface area contributed by atoms with Crippen LogP contribution in [0.3, 0.4) is 0 Å². The Morgan fingerprint density at radius 1 is 0.840 bits per heavy atom. The van der Waals surface area contributed by atoms with E-state index in [1.807, 2.05) is 0 Å². The fraction of sp³-hybridized carbons (Fsp3) is 0.625. The Balaban J connectivity index is -0.00000000810. The van der Waals surface area contributed by atoms with Crippen LogP contribution in [0.2, 0.25) is 0 Å². The molecule has 0 heterocycles. The van der Waals surface area contributed by atoms with Crippen molar-refractivity contribution in [2.45, 2.75) is 6.42 Å². The molecule has 0 aromatic carbocycles. The third-order valence-corrected chi connectivity index (χ3v) is 0.936. The molecule has 0 aromatic rings. The Hall–Kier alpha value is 2.68. The molecule has 0 aromatic heterocycles. The van der Waals surface area contributed by atoms with Gasteiger partial charge in [0.2, 0.25) is 0 Å². The van der Waals surface area contributed by atoms with E-state index in [0.29, 0.717) is 13.2 Å². The van der Waals surface area contributed by atoms with Gasteiger partial charge in [-0.3, -0.25) is 21.5 Å². The van der Waals surface area contributed by atoms with Gasteiger partial charge in [-0.05, 0) is 13.2 Å². The smallest absolute Gasteiger partial charge is 0.0161 e. The maximum absolute atomic E-state index is 9.24. The van der Waals surface area contributed by atoms with E-state index in [2.05, 4.69) is 28.7 Å². The van der Waals surface area contributed by atoms with Gasteiger partial charge in [0.1, 0.15) is 0 Å². The van der Waals surface area contributed by atoms with E-state index in [1.165, 1.54) is 0 Å². The van der Waals surface area contributed by atoms with Gasteiger partial charge >= 0.3 is 0 Å². The van der Waals surface area contributed by atoms with Gasteiger partial charge in [0.15, 0.2) is 0 Å². The summed E-state index contributed by atoms with van der Waals surface area (Å²) >= 11 is 0. The summed E-state index contributed by atoms with van der Waals surface area (Å²) in [5, 5.41) is 19.7. The number of hydrogen-bond donors (Lipinski definition) is 1. The number of rotatable bonds is 8. The van der Waals surface area contributed by atoms with Crippen molar-refractivity contribution in [3.8, 4) is 0 Å². The van der Waals surface area contributed by atoms with Crippen LogP contribution in [-0.4, -0.2) is 59.1 Å². The predicted molar refractivity (Wildman–Crippen MR) is 57.4 cm³/mol. The minimum absolute atomic E-state index is 0. The van der Waals surface area contributed by atoms with E-state index in [9.17, 15) is 5.26 Å². The van der Waals surface area contributed by atoms with Crippen LogP contribution in [0.5, 0.6) is 0 Å². The SMILES string of the molecule is O.[CH2-]COCC[CH-]COO[O-].[CH2-]COO.[Mn].[Mn].[Mn].[Mn].[Mn].[Mn].[OH-].[OH-].[OH-].[OH-]. The molecule has 11 nitrogen and oxygen atoms in total. The van der Waals surface area contributed by atoms with Crippen LogP contribution in [0.25, 0.3) is 0 Å². The summed E-state index contributed by atoms with van der Waals surface area (Å²) in [7, 11) is 0. The third kappa shape index (κ3) is 143. The minimum Gasteiger partial charge on any atom is -0.870 e. The molecule has 0 amide bonds. The molecule has 0 fully saturated rings. The molecule has 17 heteroatoms. The second kappa shape index (κ2) is 109. The van der Waals surface area contributed by atoms with Gasteiger partial charge in [-0.2, -0.15) is 6.42 Å². The largest absolute Gasteiger partial charge is 0.870 e. The van der Waals surface area contributed by atoms with E-state index in [0.717, 1.165) is 6.42 Å². The zero-order valence-electron chi connectivity index (χ0n) is 12.6. The summed E-state index contributed by atoms with van der Waals surface area (Å²) in [4.78, 5) is 7.46. The van der Waals surface area contributed by atoms with Gasteiger partial charge in [-0.15, -0.1) is 0 Å². The maximum Gasteiger partial charge on any atom is 0.0161 e. The molecule has 0 rings (SSSR count). The van der Waals surface area contributed by atoms with Gasteiger partial charge in [0.25, 0.3) is 0 Å². The summed E-state index contributed by atoms with van der Waals surface area (Å²) < 4.78 is 4.90. The topological polar surface area (TPSA) is 232 Å². The van der Waals surface area contributed by atoms with E-state index < -0.39 is 0 Å². The van der Waals surface area contributed by atoms with Crippen molar-refractivity contribution >= 4 is 0 Å². The van der Waals surface area contributed by atoms with E-state index in [1.54, 1.807) is 6.42 Å². The first-order chi connectivity index (χ1) is 6.83. The molecular weight excluding hydrogens is 602 g/mol. The van der Waals surface area contributed by atoms with Crippen LogP contribution < -0.4 is 5.26 Å². The molecule has 0 aliphatic carbocycles. The maximum atomic E-state index is 9.24. The Bertz CT molecular complexity index is 95.0. The molecule has 0 bridgehead atoms. The first-order valence-electron chi connectivity index (χ1n) is 3.99. The van der Waals surface area contributed by atoms with E-state index in [-0.39, 0.29) is 143 Å². The monoisotopic (exact) mass is 624 g/mol. The molecule has 25 heavy (non-hydrogen) atoms. The molecular formula is C8H22Mn6O11-8. The van der Waals surface area contributed by atoms with Gasteiger partial charge < -0.3 is 56.3 Å². The quantitative estimate of drug-likeness (QED) is 0.107. The van der Waals surface area contributed by atoms with Crippen LogP contribution in [0.4, 0.5) is 0 Å². The van der Waals surface area contributed by atoms with Gasteiger partial charge in [0, 0.05) is 109 Å². The predicted octanol–water partition coefficient (Wildman–Crippen LogP) is -1.58. The normalized spacial score (nSPS) is 5.28. The average molecular weight is 624 g/mol. The van der Waals surface area contributed by atoms with Crippen molar-refractivity contribution in [1.29, 1.82) is 0 Å². The van der Waals surface area contributed by atoms with Gasteiger partial charge in [0.05, 0.1) is 0 Å². The third-order valence-electron chi connectivity index (χ3n) is 0.936. The second-order valence-corrected chi connectivity index (χ2v) is 1.88. The summed E-state index contributed by atoms with van der Waals surface area (Å²) in [6.07, 6.45) is 2.48. The van der Waals surface area contributed by atoms with Crippen molar-refractivity contribution in [2.75, 3.05) is 26.4 Å².